The van der Waals surface area contributed by atoms with Gasteiger partial charge >= 0.3 is 24.2 Å². The number of halogens is 6. The summed E-state index contributed by atoms with van der Waals surface area (Å²) in [5.74, 6) is -3.93. The number of nitrogens with zero attached hydrogens (tertiary/aromatic N) is 1. The Kier molecular flexibility index (Phi) is 22.8. The maximum Gasteiger partial charge on any atom is 0.471 e. The molecule has 0 radical (unpaired) electrons. The molecule has 0 rings (SSSR count). The predicted octanol–water partition coefficient (Wildman–Crippen LogP) is 7.85. The zero-order valence-corrected chi connectivity index (χ0v) is 24.2. The van der Waals surface area contributed by atoms with Crippen molar-refractivity contribution in [2.24, 2.45) is 0 Å². The monoisotopic (exact) mass is 587 g/mol. The molecule has 0 spiro atoms. The van der Waals surface area contributed by atoms with E-state index in [0.717, 1.165) is 38.5 Å². The van der Waals surface area contributed by atoms with Crippen LogP contribution >= 0.6 is 0 Å². The lowest BCUT2D eigenvalue weighted by molar-refractivity contribution is -0.173. The summed E-state index contributed by atoms with van der Waals surface area (Å²) in [5, 5.41) is 3.70. The van der Waals surface area contributed by atoms with Crippen molar-refractivity contribution >= 4 is 11.8 Å². The highest BCUT2D eigenvalue weighted by molar-refractivity contribution is 5.81. The van der Waals surface area contributed by atoms with E-state index in [1.54, 1.807) is 0 Å². The molecule has 0 aromatic carbocycles. The fourth-order valence-corrected chi connectivity index (χ4v) is 4.29. The quantitative estimate of drug-likeness (QED) is 0.0650. The van der Waals surface area contributed by atoms with E-state index in [9.17, 15) is 35.9 Å². The van der Waals surface area contributed by atoms with Gasteiger partial charge in [0, 0.05) is 19.6 Å². The van der Waals surface area contributed by atoms with Crippen molar-refractivity contribution in [2.45, 2.75) is 128 Å². The van der Waals surface area contributed by atoms with Crippen LogP contribution in [0.15, 0.2) is 12.2 Å². The van der Waals surface area contributed by atoms with Crippen LogP contribution in [0.25, 0.3) is 0 Å². The molecule has 0 atom stereocenters. The average molecular weight is 588 g/mol. The number of carbonyl (C=O) groups excluding carboxylic acids is 2. The average Bonchev–Trinajstić information content (AvgIpc) is 2.88. The predicted molar refractivity (Wildman–Crippen MR) is 148 cm³/mol. The minimum Gasteiger partial charge on any atom is -0.348 e. The van der Waals surface area contributed by atoms with Crippen molar-refractivity contribution in [3.8, 4) is 0 Å². The fourth-order valence-electron chi connectivity index (χ4n) is 4.29. The van der Waals surface area contributed by atoms with Gasteiger partial charge in [-0.2, -0.15) is 26.3 Å². The van der Waals surface area contributed by atoms with E-state index < -0.39 is 24.2 Å². The third-order valence-electron chi connectivity index (χ3n) is 6.65. The van der Waals surface area contributed by atoms with Crippen molar-refractivity contribution in [3.05, 3.63) is 12.2 Å². The zero-order valence-electron chi connectivity index (χ0n) is 24.2. The molecule has 2 amide bonds. The fraction of sp³-hybridized carbons (Fsp3) is 0.862. The van der Waals surface area contributed by atoms with Crippen LogP contribution in [0.1, 0.15) is 116 Å². The number of amides is 2. The molecular formula is C29H51F6N3O2. The van der Waals surface area contributed by atoms with E-state index in [1.807, 2.05) is 15.5 Å². The van der Waals surface area contributed by atoms with Gasteiger partial charge in [0.25, 0.3) is 0 Å². The molecule has 0 aliphatic carbocycles. The Labute approximate surface area is 236 Å². The molecule has 0 unspecified atom stereocenters. The Morgan fingerprint density at radius 2 is 0.950 bits per heavy atom. The van der Waals surface area contributed by atoms with Gasteiger partial charge < -0.3 is 15.5 Å². The van der Waals surface area contributed by atoms with Crippen LogP contribution in [0.5, 0.6) is 0 Å². The van der Waals surface area contributed by atoms with Crippen LogP contribution in [-0.2, 0) is 9.59 Å². The van der Waals surface area contributed by atoms with Gasteiger partial charge in [-0.3, -0.25) is 9.59 Å². The number of nitrogens with one attached hydrogen (secondary N) is 2. The minimum absolute atomic E-state index is 0.0884. The second kappa shape index (κ2) is 23.9. The van der Waals surface area contributed by atoms with Gasteiger partial charge in [0.15, 0.2) is 0 Å². The van der Waals surface area contributed by atoms with E-state index in [0.29, 0.717) is 32.4 Å². The van der Waals surface area contributed by atoms with Crippen LogP contribution in [0, 0.1) is 0 Å². The van der Waals surface area contributed by atoms with Gasteiger partial charge in [-0.1, -0.05) is 83.3 Å². The molecule has 0 heterocycles. The molecule has 40 heavy (non-hydrogen) atoms. The molecule has 5 nitrogen and oxygen atoms in total. The highest BCUT2D eigenvalue weighted by atomic mass is 19.4. The standard InChI is InChI=1S/C29H51F6N3O2/c1-2-3-4-5-6-7-8-9-10-11-12-13-14-15-16-19-23-38(25-22-37-27(40)29(33,34)35)24-20-17-18-21-36-26(39)28(30,31)32/h9-10H,2-8,11-25H2,1H3,(H,36,39)(H,37,40)/b10-9-. The lowest BCUT2D eigenvalue weighted by Crippen LogP contribution is -2.41. The van der Waals surface area contributed by atoms with E-state index >= 15 is 0 Å². The normalized spacial score (nSPS) is 12.4. The van der Waals surface area contributed by atoms with E-state index in [1.165, 1.54) is 51.4 Å². The first kappa shape index (κ1) is 38.2. The highest BCUT2D eigenvalue weighted by Crippen LogP contribution is 2.15. The molecule has 0 saturated heterocycles. The molecule has 0 aliphatic rings. The topological polar surface area (TPSA) is 61.4 Å². The maximum absolute atomic E-state index is 12.4. The summed E-state index contributed by atoms with van der Waals surface area (Å²) >= 11 is 0. The Hall–Kier alpha value is -1.78. The van der Waals surface area contributed by atoms with Crippen LogP contribution in [0.2, 0.25) is 0 Å². The SMILES string of the molecule is CCCCCCCC/C=C\CCCCCCCCN(CCCCCNC(=O)C(F)(F)F)CCNC(=O)C(F)(F)F. The van der Waals surface area contributed by atoms with Gasteiger partial charge in [-0.15, -0.1) is 0 Å². The number of rotatable bonds is 25. The number of allylic oxidation sites excluding steroid dienone is 2. The number of hydrogen-bond acceptors (Lipinski definition) is 3. The Balaban J connectivity index is 4.05. The van der Waals surface area contributed by atoms with Crippen LogP contribution in [-0.4, -0.2) is 61.8 Å². The van der Waals surface area contributed by atoms with E-state index in [4.69, 9.17) is 0 Å². The molecule has 0 aliphatic heterocycles. The first-order valence-electron chi connectivity index (χ1n) is 15.1. The number of alkyl halides is 6. The Bertz CT molecular complexity index is 669. The maximum atomic E-state index is 12.4. The number of hydrogen-bond donors (Lipinski definition) is 2. The summed E-state index contributed by atoms with van der Waals surface area (Å²) in [6.45, 7) is 3.50. The second-order valence-corrected chi connectivity index (χ2v) is 10.3. The van der Waals surface area contributed by atoms with Gasteiger partial charge in [0.2, 0.25) is 0 Å². The van der Waals surface area contributed by atoms with E-state index in [2.05, 4.69) is 19.1 Å². The van der Waals surface area contributed by atoms with Crippen molar-refractivity contribution in [2.75, 3.05) is 32.7 Å². The van der Waals surface area contributed by atoms with Crippen molar-refractivity contribution in [1.29, 1.82) is 0 Å². The van der Waals surface area contributed by atoms with Gasteiger partial charge in [0.1, 0.15) is 0 Å². The highest BCUT2D eigenvalue weighted by Gasteiger charge is 2.38. The summed E-state index contributed by atoms with van der Waals surface area (Å²) in [6.07, 6.45) is 12.9. The largest absolute Gasteiger partial charge is 0.471 e. The van der Waals surface area contributed by atoms with Crippen molar-refractivity contribution < 1.29 is 35.9 Å². The lowest BCUT2D eigenvalue weighted by atomic mass is 10.1. The molecule has 0 bridgehead atoms. The van der Waals surface area contributed by atoms with Crippen LogP contribution in [0.4, 0.5) is 26.3 Å². The molecule has 0 aromatic rings. The van der Waals surface area contributed by atoms with Crippen LogP contribution < -0.4 is 10.6 Å². The number of unbranched alkanes of at least 4 members (excludes halogenated alkanes) is 14. The van der Waals surface area contributed by atoms with Crippen molar-refractivity contribution in [3.63, 3.8) is 0 Å². The summed E-state index contributed by atoms with van der Waals surface area (Å²) in [4.78, 5) is 23.8. The molecule has 2 N–H and O–H groups in total. The lowest BCUT2D eigenvalue weighted by Gasteiger charge is -2.22. The first-order valence-corrected chi connectivity index (χ1v) is 15.1. The molecule has 0 fully saturated rings. The third kappa shape index (κ3) is 24.1. The number of carbonyl (C=O) groups is 2. The van der Waals surface area contributed by atoms with Crippen molar-refractivity contribution in [1.82, 2.24) is 15.5 Å². The van der Waals surface area contributed by atoms with Gasteiger partial charge in [-0.05, 0) is 58.0 Å². The Morgan fingerprint density at radius 3 is 1.43 bits per heavy atom. The summed E-state index contributed by atoms with van der Waals surface area (Å²) in [5.41, 5.74) is 0. The third-order valence-corrected chi connectivity index (χ3v) is 6.65. The summed E-state index contributed by atoms with van der Waals surface area (Å²) in [7, 11) is 0. The molecule has 0 aromatic heterocycles. The van der Waals surface area contributed by atoms with Gasteiger partial charge in [-0.25, -0.2) is 0 Å². The zero-order chi connectivity index (χ0) is 30.1. The minimum atomic E-state index is -4.92. The van der Waals surface area contributed by atoms with Gasteiger partial charge in [0.05, 0.1) is 0 Å². The smallest absolute Gasteiger partial charge is 0.348 e. The molecule has 236 valence electrons. The molecule has 0 saturated carbocycles. The molecular weight excluding hydrogens is 536 g/mol. The molecule has 11 heteroatoms. The summed E-state index contributed by atoms with van der Waals surface area (Å²) in [6, 6.07) is 0. The van der Waals surface area contributed by atoms with Crippen LogP contribution in [0.3, 0.4) is 0 Å². The Morgan fingerprint density at radius 1 is 0.550 bits per heavy atom. The summed E-state index contributed by atoms with van der Waals surface area (Å²) < 4.78 is 73.8. The second-order valence-electron chi connectivity index (χ2n) is 10.3. The first-order chi connectivity index (χ1) is 19.0. The van der Waals surface area contributed by atoms with E-state index in [-0.39, 0.29) is 19.6 Å².